The number of carbonyl (C=O) groups is 1. The fraction of sp³-hybridized carbons (Fsp3) is 0.0667. The number of aromatic amines is 2. The Morgan fingerprint density at radius 3 is 2.43 bits per heavy atom. The van der Waals surface area contributed by atoms with E-state index in [1.807, 2.05) is 0 Å². The summed E-state index contributed by atoms with van der Waals surface area (Å²) in [6, 6.07) is 9.02. The molecule has 0 aliphatic heterocycles. The van der Waals surface area contributed by atoms with Crippen molar-refractivity contribution in [3.8, 4) is 0 Å². The van der Waals surface area contributed by atoms with E-state index in [9.17, 15) is 22.8 Å². The molecule has 3 rings (SSSR count). The molecule has 8 heteroatoms. The molecule has 1 heterocycles. The fourth-order valence-corrected chi connectivity index (χ4v) is 2.24. The van der Waals surface area contributed by atoms with Crippen molar-refractivity contribution in [1.29, 1.82) is 0 Å². The Bertz CT molecular complexity index is 941. The molecule has 0 spiro atoms. The van der Waals surface area contributed by atoms with Gasteiger partial charge in [-0.2, -0.15) is 13.2 Å². The minimum Gasteiger partial charge on any atom is -0.322 e. The van der Waals surface area contributed by atoms with Crippen molar-refractivity contribution in [2.45, 2.75) is 6.18 Å². The summed E-state index contributed by atoms with van der Waals surface area (Å²) in [5.74, 6) is -0.879. The zero-order chi connectivity index (χ0) is 16.6. The molecular weight excluding hydrogens is 311 g/mol. The Labute approximate surface area is 127 Å². The lowest BCUT2D eigenvalue weighted by Gasteiger charge is -2.12. The first kappa shape index (κ1) is 14.9. The smallest absolute Gasteiger partial charge is 0.322 e. The maximum absolute atomic E-state index is 12.9. The average molecular weight is 321 g/mol. The van der Waals surface area contributed by atoms with E-state index in [4.69, 9.17) is 0 Å². The predicted octanol–water partition coefficient (Wildman–Crippen LogP) is 3.13. The van der Waals surface area contributed by atoms with Crippen molar-refractivity contribution < 1.29 is 18.0 Å². The molecule has 0 unspecified atom stereocenters. The minimum absolute atomic E-state index is 0.273. The molecular formula is C15H10F3N3O2. The highest BCUT2D eigenvalue weighted by Crippen LogP contribution is 2.32. The number of H-pyrrole nitrogens is 2. The van der Waals surface area contributed by atoms with E-state index in [-0.39, 0.29) is 5.69 Å². The number of benzene rings is 2. The third-order valence-corrected chi connectivity index (χ3v) is 3.25. The lowest BCUT2D eigenvalue weighted by atomic mass is 10.1. The average Bonchev–Trinajstić information content (AvgIpc) is 2.85. The van der Waals surface area contributed by atoms with Gasteiger partial charge >= 0.3 is 11.9 Å². The van der Waals surface area contributed by atoms with Crippen molar-refractivity contribution in [3.05, 3.63) is 64.1 Å². The summed E-state index contributed by atoms with van der Waals surface area (Å²) in [5.41, 5.74) is -0.641. The van der Waals surface area contributed by atoms with Crippen molar-refractivity contribution in [3.63, 3.8) is 0 Å². The number of carbonyl (C=O) groups excluding carboxylic acids is 1. The quantitative estimate of drug-likeness (QED) is 0.678. The first-order valence-corrected chi connectivity index (χ1v) is 6.54. The van der Waals surface area contributed by atoms with Gasteiger partial charge in [-0.25, -0.2) is 4.79 Å². The molecule has 0 bridgehead atoms. The van der Waals surface area contributed by atoms with Gasteiger partial charge in [0.2, 0.25) is 0 Å². The van der Waals surface area contributed by atoms with Gasteiger partial charge in [-0.15, -0.1) is 0 Å². The predicted molar refractivity (Wildman–Crippen MR) is 78.3 cm³/mol. The molecule has 5 nitrogen and oxygen atoms in total. The van der Waals surface area contributed by atoms with Gasteiger partial charge < -0.3 is 15.3 Å². The van der Waals surface area contributed by atoms with Crippen LogP contribution >= 0.6 is 0 Å². The molecule has 0 radical (unpaired) electrons. The van der Waals surface area contributed by atoms with Crippen LogP contribution in [0.1, 0.15) is 15.9 Å². The number of halogens is 3. The SMILES string of the molecule is O=C(Nc1ccc2[nH]c(=O)[nH]c2c1)c1ccccc1C(F)(F)F. The number of alkyl halides is 3. The molecule has 0 saturated heterocycles. The van der Waals surface area contributed by atoms with Crippen LogP contribution in [0.5, 0.6) is 0 Å². The van der Waals surface area contributed by atoms with Crippen LogP contribution in [-0.2, 0) is 6.18 Å². The Kier molecular flexibility index (Phi) is 3.44. The largest absolute Gasteiger partial charge is 0.417 e. The van der Waals surface area contributed by atoms with Crippen LogP contribution in [0.3, 0.4) is 0 Å². The standard InChI is InChI=1S/C15H10F3N3O2/c16-15(17,18)10-4-2-1-3-9(10)13(22)19-8-5-6-11-12(7-8)21-14(23)20-11/h1-7H,(H,19,22)(H2,20,21,23). The number of anilines is 1. The van der Waals surface area contributed by atoms with Gasteiger partial charge in [0.15, 0.2) is 0 Å². The number of nitrogens with one attached hydrogen (secondary N) is 3. The van der Waals surface area contributed by atoms with Gasteiger partial charge in [0.25, 0.3) is 5.91 Å². The Balaban J connectivity index is 1.93. The number of aromatic nitrogens is 2. The zero-order valence-electron chi connectivity index (χ0n) is 11.5. The number of hydrogen-bond donors (Lipinski definition) is 3. The van der Waals surface area contributed by atoms with Gasteiger partial charge in [0, 0.05) is 5.69 Å². The highest BCUT2D eigenvalue weighted by atomic mass is 19.4. The topological polar surface area (TPSA) is 77.8 Å². The third-order valence-electron chi connectivity index (χ3n) is 3.25. The molecule has 1 aromatic heterocycles. The first-order valence-electron chi connectivity index (χ1n) is 6.54. The molecule has 1 amide bonds. The molecule has 2 aromatic carbocycles. The molecule has 3 N–H and O–H groups in total. The Morgan fingerprint density at radius 1 is 1.00 bits per heavy atom. The van der Waals surface area contributed by atoms with E-state index in [0.717, 1.165) is 12.1 Å². The molecule has 0 fully saturated rings. The number of amides is 1. The van der Waals surface area contributed by atoms with Gasteiger partial charge in [0.1, 0.15) is 0 Å². The summed E-state index contributed by atoms with van der Waals surface area (Å²) < 4.78 is 38.8. The summed E-state index contributed by atoms with van der Waals surface area (Å²) in [6.07, 6.45) is -4.62. The molecule has 23 heavy (non-hydrogen) atoms. The van der Waals surface area contributed by atoms with Gasteiger partial charge in [-0.05, 0) is 30.3 Å². The fourth-order valence-electron chi connectivity index (χ4n) is 2.24. The Hall–Kier alpha value is -3.03. The molecule has 0 atom stereocenters. The van der Waals surface area contributed by atoms with Gasteiger partial charge in [-0.3, -0.25) is 4.79 Å². The van der Waals surface area contributed by atoms with Crippen molar-refractivity contribution in [2.24, 2.45) is 0 Å². The van der Waals surface area contributed by atoms with Crippen LogP contribution in [-0.4, -0.2) is 15.9 Å². The molecule has 0 aliphatic rings. The summed E-state index contributed by atoms with van der Waals surface area (Å²) >= 11 is 0. The third kappa shape index (κ3) is 2.96. The number of rotatable bonds is 2. The molecule has 118 valence electrons. The zero-order valence-corrected chi connectivity index (χ0v) is 11.5. The second kappa shape index (κ2) is 5.31. The van der Waals surface area contributed by atoms with E-state index in [2.05, 4.69) is 15.3 Å². The van der Waals surface area contributed by atoms with Crippen LogP contribution in [0, 0.1) is 0 Å². The highest BCUT2D eigenvalue weighted by Gasteiger charge is 2.34. The molecule has 3 aromatic rings. The Morgan fingerprint density at radius 2 is 1.70 bits per heavy atom. The normalized spacial score (nSPS) is 11.6. The summed E-state index contributed by atoms with van der Waals surface area (Å²) in [7, 11) is 0. The minimum atomic E-state index is -4.62. The lowest BCUT2D eigenvalue weighted by molar-refractivity contribution is -0.137. The molecule has 0 saturated carbocycles. The second-order valence-electron chi connectivity index (χ2n) is 4.84. The summed E-state index contributed by atoms with van der Waals surface area (Å²) in [6.45, 7) is 0. The summed E-state index contributed by atoms with van der Waals surface area (Å²) in [5, 5.41) is 2.40. The van der Waals surface area contributed by atoms with Crippen LogP contribution in [0.2, 0.25) is 0 Å². The van der Waals surface area contributed by atoms with Crippen molar-refractivity contribution in [2.75, 3.05) is 5.32 Å². The highest BCUT2D eigenvalue weighted by molar-refractivity contribution is 6.06. The monoisotopic (exact) mass is 321 g/mol. The maximum Gasteiger partial charge on any atom is 0.417 e. The van der Waals surface area contributed by atoms with E-state index < -0.39 is 28.9 Å². The second-order valence-corrected chi connectivity index (χ2v) is 4.84. The van der Waals surface area contributed by atoms with Gasteiger partial charge in [-0.1, -0.05) is 12.1 Å². The first-order chi connectivity index (χ1) is 10.8. The molecule has 0 aliphatic carbocycles. The number of hydrogen-bond acceptors (Lipinski definition) is 2. The van der Waals surface area contributed by atoms with Gasteiger partial charge in [0.05, 0.1) is 22.2 Å². The van der Waals surface area contributed by atoms with E-state index in [1.165, 1.54) is 24.3 Å². The van der Waals surface area contributed by atoms with Crippen LogP contribution in [0.25, 0.3) is 11.0 Å². The maximum atomic E-state index is 12.9. The van der Waals surface area contributed by atoms with E-state index in [0.29, 0.717) is 11.0 Å². The summed E-state index contributed by atoms with van der Waals surface area (Å²) in [4.78, 5) is 28.3. The van der Waals surface area contributed by atoms with Crippen molar-refractivity contribution in [1.82, 2.24) is 9.97 Å². The van der Waals surface area contributed by atoms with Crippen LogP contribution in [0.4, 0.5) is 18.9 Å². The van der Waals surface area contributed by atoms with Crippen LogP contribution in [0.15, 0.2) is 47.3 Å². The van der Waals surface area contributed by atoms with Crippen LogP contribution < -0.4 is 11.0 Å². The van der Waals surface area contributed by atoms with E-state index in [1.54, 1.807) is 6.07 Å². The number of fused-ring (bicyclic) bond motifs is 1. The van der Waals surface area contributed by atoms with Crippen molar-refractivity contribution >= 4 is 22.6 Å². The van der Waals surface area contributed by atoms with E-state index >= 15 is 0 Å². The lowest BCUT2D eigenvalue weighted by Crippen LogP contribution is -2.18. The number of imidazole rings is 1.